The SMILES string of the molecule is CC(C)CC1CC(C(C)(F)F)C1. The largest absolute Gasteiger partial charge is 0.248 e. The van der Waals surface area contributed by atoms with Crippen molar-refractivity contribution in [2.24, 2.45) is 17.8 Å². The van der Waals surface area contributed by atoms with Gasteiger partial charge in [0.15, 0.2) is 0 Å². The van der Waals surface area contributed by atoms with Gasteiger partial charge in [-0.25, -0.2) is 8.78 Å². The van der Waals surface area contributed by atoms with Gasteiger partial charge < -0.3 is 0 Å². The van der Waals surface area contributed by atoms with Gasteiger partial charge in [0.2, 0.25) is 5.92 Å². The Kier molecular flexibility index (Phi) is 2.74. The summed E-state index contributed by atoms with van der Waals surface area (Å²) in [6.07, 6.45) is 2.59. The summed E-state index contributed by atoms with van der Waals surface area (Å²) >= 11 is 0. The Bertz CT molecular complexity index is 140. The van der Waals surface area contributed by atoms with E-state index in [1.165, 1.54) is 0 Å². The number of rotatable bonds is 3. The molecule has 0 aromatic carbocycles. The van der Waals surface area contributed by atoms with E-state index in [1.54, 1.807) is 0 Å². The number of hydrogen-bond donors (Lipinski definition) is 0. The van der Waals surface area contributed by atoms with Crippen LogP contribution in [0.15, 0.2) is 0 Å². The highest BCUT2D eigenvalue weighted by Gasteiger charge is 2.43. The van der Waals surface area contributed by atoms with Crippen molar-refractivity contribution >= 4 is 0 Å². The van der Waals surface area contributed by atoms with Crippen LogP contribution in [0, 0.1) is 17.8 Å². The van der Waals surface area contributed by atoms with Crippen LogP contribution in [0.1, 0.15) is 40.0 Å². The monoisotopic (exact) mass is 176 g/mol. The lowest BCUT2D eigenvalue weighted by Crippen LogP contribution is -2.36. The molecule has 0 aliphatic heterocycles. The van der Waals surface area contributed by atoms with E-state index in [0.29, 0.717) is 11.8 Å². The molecule has 0 N–H and O–H groups in total. The third-order valence-corrected chi connectivity index (χ3v) is 2.76. The predicted molar refractivity (Wildman–Crippen MR) is 46.3 cm³/mol. The van der Waals surface area contributed by atoms with Gasteiger partial charge >= 0.3 is 0 Å². The zero-order chi connectivity index (χ0) is 9.35. The van der Waals surface area contributed by atoms with Crippen LogP contribution in [-0.4, -0.2) is 5.92 Å². The van der Waals surface area contributed by atoms with Crippen molar-refractivity contribution in [2.75, 3.05) is 0 Å². The average Bonchev–Trinajstić information content (AvgIpc) is 1.73. The van der Waals surface area contributed by atoms with E-state index in [4.69, 9.17) is 0 Å². The topological polar surface area (TPSA) is 0 Å². The molecular weight excluding hydrogens is 158 g/mol. The Labute approximate surface area is 73.3 Å². The van der Waals surface area contributed by atoms with Crippen molar-refractivity contribution in [3.63, 3.8) is 0 Å². The lowest BCUT2D eigenvalue weighted by Gasteiger charge is -2.39. The molecule has 0 atom stereocenters. The first-order valence-corrected chi connectivity index (χ1v) is 4.77. The van der Waals surface area contributed by atoms with Crippen LogP contribution in [0.5, 0.6) is 0 Å². The number of alkyl halides is 2. The molecule has 0 spiro atoms. The second-order valence-electron chi connectivity index (χ2n) is 4.62. The van der Waals surface area contributed by atoms with Crippen molar-refractivity contribution in [2.45, 2.75) is 46.0 Å². The Morgan fingerprint density at radius 2 is 1.83 bits per heavy atom. The standard InChI is InChI=1S/C10H18F2/c1-7(2)4-8-5-9(6-8)10(3,11)12/h7-9H,4-6H2,1-3H3. The molecule has 1 fully saturated rings. The van der Waals surface area contributed by atoms with Crippen molar-refractivity contribution < 1.29 is 8.78 Å². The van der Waals surface area contributed by atoms with Gasteiger partial charge in [0.25, 0.3) is 0 Å². The van der Waals surface area contributed by atoms with Gasteiger partial charge in [0, 0.05) is 5.92 Å². The van der Waals surface area contributed by atoms with Crippen LogP contribution in [-0.2, 0) is 0 Å². The summed E-state index contributed by atoms with van der Waals surface area (Å²) in [5.74, 6) is -1.54. The summed E-state index contributed by atoms with van der Waals surface area (Å²) in [6.45, 7) is 5.35. The van der Waals surface area contributed by atoms with E-state index in [0.717, 1.165) is 26.2 Å². The lowest BCUT2D eigenvalue weighted by atomic mass is 9.69. The molecular formula is C10H18F2. The van der Waals surface area contributed by atoms with Gasteiger partial charge in [0.05, 0.1) is 0 Å². The van der Waals surface area contributed by atoms with Crippen molar-refractivity contribution in [3.8, 4) is 0 Å². The molecule has 0 nitrogen and oxygen atoms in total. The minimum Gasteiger partial charge on any atom is -0.207 e. The summed E-state index contributed by atoms with van der Waals surface area (Å²) in [5, 5.41) is 0. The molecule has 1 saturated carbocycles. The fourth-order valence-electron chi connectivity index (χ4n) is 2.01. The van der Waals surface area contributed by atoms with Crippen LogP contribution in [0.4, 0.5) is 8.78 Å². The maximum Gasteiger partial charge on any atom is 0.248 e. The molecule has 0 unspecified atom stereocenters. The van der Waals surface area contributed by atoms with Crippen molar-refractivity contribution in [1.29, 1.82) is 0 Å². The van der Waals surface area contributed by atoms with Gasteiger partial charge in [-0.15, -0.1) is 0 Å². The predicted octanol–water partition coefficient (Wildman–Crippen LogP) is 3.71. The first-order chi connectivity index (χ1) is 5.39. The quantitative estimate of drug-likeness (QED) is 0.615. The van der Waals surface area contributed by atoms with Crippen LogP contribution in [0.3, 0.4) is 0 Å². The van der Waals surface area contributed by atoms with E-state index in [-0.39, 0.29) is 5.92 Å². The number of hydrogen-bond acceptors (Lipinski definition) is 0. The Balaban J connectivity index is 2.20. The molecule has 0 amide bonds. The fraction of sp³-hybridized carbons (Fsp3) is 1.00. The lowest BCUT2D eigenvalue weighted by molar-refractivity contribution is -0.0927. The molecule has 1 aliphatic rings. The molecule has 0 saturated heterocycles. The maximum atomic E-state index is 12.7. The van der Waals surface area contributed by atoms with Gasteiger partial charge in [0.1, 0.15) is 0 Å². The highest BCUT2D eigenvalue weighted by Crippen LogP contribution is 2.45. The minimum atomic E-state index is -2.44. The van der Waals surface area contributed by atoms with E-state index >= 15 is 0 Å². The Morgan fingerprint density at radius 3 is 2.17 bits per heavy atom. The summed E-state index contributed by atoms with van der Waals surface area (Å²) in [5.41, 5.74) is 0. The zero-order valence-corrected chi connectivity index (χ0v) is 8.11. The van der Waals surface area contributed by atoms with Gasteiger partial charge in [-0.3, -0.25) is 0 Å². The molecule has 0 bridgehead atoms. The Morgan fingerprint density at radius 1 is 1.33 bits per heavy atom. The third kappa shape index (κ3) is 2.43. The molecule has 2 heteroatoms. The summed E-state index contributed by atoms with van der Waals surface area (Å²) < 4.78 is 25.4. The highest BCUT2D eigenvalue weighted by molar-refractivity contribution is 4.86. The third-order valence-electron chi connectivity index (χ3n) is 2.76. The van der Waals surface area contributed by atoms with Gasteiger partial charge in [-0.1, -0.05) is 13.8 Å². The minimum absolute atomic E-state index is 0.332. The maximum absolute atomic E-state index is 12.7. The van der Waals surface area contributed by atoms with Crippen molar-refractivity contribution in [1.82, 2.24) is 0 Å². The molecule has 0 heterocycles. The molecule has 0 aromatic rings. The molecule has 0 radical (unpaired) electrons. The molecule has 1 rings (SSSR count). The fourth-order valence-corrected chi connectivity index (χ4v) is 2.01. The summed E-state index contributed by atoms with van der Waals surface area (Å²) in [6, 6.07) is 0. The second-order valence-corrected chi connectivity index (χ2v) is 4.62. The van der Waals surface area contributed by atoms with E-state index < -0.39 is 5.92 Å². The molecule has 72 valence electrons. The van der Waals surface area contributed by atoms with Crippen LogP contribution < -0.4 is 0 Å². The normalized spacial score (nSPS) is 30.5. The van der Waals surface area contributed by atoms with E-state index in [1.807, 2.05) is 0 Å². The molecule has 1 aliphatic carbocycles. The van der Waals surface area contributed by atoms with Crippen LogP contribution in [0.2, 0.25) is 0 Å². The van der Waals surface area contributed by atoms with E-state index in [2.05, 4.69) is 13.8 Å². The van der Waals surface area contributed by atoms with Crippen LogP contribution >= 0.6 is 0 Å². The second kappa shape index (κ2) is 3.31. The summed E-state index contributed by atoms with van der Waals surface area (Å²) in [7, 11) is 0. The van der Waals surface area contributed by atoms with Gasteiger partial charge in [-0.2, -0.15) is 0 Å². The first-order valence-electron chi connectivity index (χ1n) is 4.77. The zero-order valence-electron chi connectivity index (χ0n) is 8.11. The van der Waals surface area contributed by atoms with E-state index in [9.17, 15) is 8.78 Å². The molecule has 12 heavy (non-hydrogen) atoms. The van der Waals surface area contributed by atoms with Gasteiger partial charge in [-0.05, 0) is 38.0 Å². The molecule has 0 aromatic heterocycles. The smallest absolute Gasteiger partial charge is 0.207 e. The summed E-state index contributed by atoms with van der Waals surface area (Å²) in [4.78, 5) is 0. The number of halogens is 2. The van der Waals surface area contributed by atoms with Crippen LogP contribution in [0.25, 0.3) is 0 Å². The first kappa shape index (κ1) is 9.94. The van der Waals surface area contributed by atoms with Crippen molar-refractivity contribution in [3.05, 3.63) is 0 Å². The average molecular weight is 176 g/mol. The Hall–Kier alpha value is -0.140. The highest BCUT2D eigenvalue weighted by atomic mass is 19.3.